The predicted molar refractivity (Wildman–Crippen MR) is 79.6 cm³/mol. The summed E-state index contributed by atoms with van der Waals surface area (Å²) in [5.41, 5.74) is 1.17. The minimum absolute atomic E-state index is 0.114. The van der Waals surface area contributed by atoms with Gasteiger partial charge in [0.1, 0.15) is 5.15 Å². The number of pyridine rings is 1. The van der Waals surface area contributed by atoms with E-state index in [1.165, 1.54) is 5.56 Å². The zero-order valence-electron chi connectivity index (χ0n) is 11.8. The van der Waals surface area contributed by atoms with Gasteiger partial charge in [0.2, 0.25) is 5.91 Å². The molecule has 1 fully saturated rings. The molecule has 1 aliphatic rings. The Labute approximate surface area is 124 Å². The topological polar surface area (TPSA) is 48.5 Å². The van der Waals surface area contributed by atoms with E-state index in [4.69, 9.17) is 11.6 Å². The van der Waals surface area contributed by atoms with Gasteiger partial charge in [-0.05, 0) is 18.6 Å². The fourth-order valence-corrected chi connectivity index (χ4v) is 2.43. The van der Waals surface area contributed by atoms with Gasteiger partial charge in [0.05, 0.1) is 6.54 Å². The third-order valence-corrected chi connectivity index (χ3v) is 3.62. The van der Waals surface area contributed by atoms with E-state index in [1.54, 1.807) is 0 Å². The molecule has 2 rings (SSSR count). The summed E-state index contributed by atoms with van der Waals surface area (Å²) in [6, 6.07) is 3.83. The molecule has 1 N–H and O–H groups in total. The van der Waals surface area contributed by atoms with Gasteiger partial charge in [0.15, 0.2) is 0 Å². The Hall–Kier alpha value is -1.17. The van der Waals surface area contributed by atoms with Crippen LogP contribution in [0.5, 0.6) is 0 Å². The summed E-state index contributed by atoms with van der Waals surface area (Å²) >= 11 is 5.78. The van der Waals surface area contributed by atoms with E-state index >= 15 is 0 Å². The van der Waals surface area contributed by atoms with Crippen LogP contribution in [0.25, 0.3) is 0 Å². The second-order valence-electron chi connectivity index (χ2n) is 4.99. The normalized spacial score (nSPS) is 17.1. The number of amides is 1. The summed E-state index contributed by atoms with van der Waals surface area (Å²) in [4.78, 5) is 20.2. The lowest BCUT2D eigenvalue weighted by Gasteiger charge is -2.34. The highest BCUT2D eigenvalue weighted by Gasteiger charge is 2.18. The predicted octanol–water partition coefficient (Wildman–Crippen LogP) is 0.989. The largest absolute Gasteiger partial charge is 0.355 e. The van der Waals surface area contributed by atoms with Gasteiger partial charge in [-0.1, -0.05) is 17.7 Å². The van der Waals surface area contributed by atoms with E-state index < -0.39 is 0 Å². The molecule has 5 nitrogen and oxygen atoms in total. The first-order valence-electron chi connectivity index (χ1n) is 6.99. The second-order valence-corrected chi connectivity index (χ2v) is 5.38. The molecule has 0 aliphatic carbocycles. The first kappa shape index (κ1) is 15.2. The molecule has 6 heteroatoms. The van der Waals surface area contributed by atoms with Crippen molar-refractivity contribution in [3.63, 3.8) is 0 Å². The smallest absolute Gasteiger partial charge is 0.234 e. The van der Waals surface area contributed by atoms with Crippen LogP contribution in [-0.4, -0.2) is 60.0 Å². The zero-order chi connectivity index (χ0) is 14.4. The summed E-state index contributed by atoms with van der Waals surface area (Å²) in [6.45, 7) is 7.84. The van der Waals surface area contributed by atoms with Crippen LogP contribution in [0, 0.1) is 0 Å². The molecule has 1 saturated heterocycles. The van der Waals surface area contributed by atoms with Crippen molar-refractivity contribution < 1.29 is 4.79 Å². The van der Waals surface area contributed by atoms with Crippen molar-refractivity contribution in [2.75, 3.05) is 39.3 Å². The monoisotopic (exact) mass is 296 g/mol. The van der Waals surface area contributed by atoms with Crippen LogP contribution in [0.4, 0.5) is 0 Å². The molecule has 110 valence electrons. The SMILES string of the molecule is CCNC(=O)CN1CCN(Cc2ccc(Cl)nc2)CC1. The molecule has 0 saturated carbocycles. The number of likely N-dealkylation sites (N-methyl/N-ethyl adjacent to an activating group) is 1. The Morgan fingerprint density at radius 2 is 2.00 bits per heavy atom. The standard InChI is InChI=1S/C14H21ClN4O/c1-2-16-14(20)11-19-7-5-18(6-8-19)10-12-3-4-13(15)17-9-12/h3-4,9H,2,5-8,10-11H2,1H3,(H,16,20). The lowest BCUT2D eigenvalue weighted by atomic mass is 10.2. The number of halogens is 1. The van der Waals surface area contributed by atoms with Crippen molar-refractivity contribution in [3.05, 3.63) is 29.0 Å². The van der Waals surface area contributed by atoms with Gasteiger partial charge < -0.3 is 5.32 Å². The lowest BCUT2D eigenvalue weighted by Crippen LogP contribution is -2.49. The maximum Gasteiger partial charge on any atom is 0.234 e. The van der Waals surface area contributed by atoms with Crippen molar-refractivity contribution in [2.45, 2.75) is 13.5 Å². The summed E-state index contributed by atoms with van der Waals surface area (Å²) in [6.07, 6.45) is 1.82. The van der Waals surface area contributed by atoms with Crippen LogP contribution < -0.4 is 5.32 Å². The average molecular weight is 297 g/mol. The van der Waals surface area contributed by atoms with E-state index in [-0.39, 0.29) is 5.91 Å². The Morgan fingerprint density at radius 1 is 1.30 bits per heavy atom. The van der Waals surface area contributed by atoms with E-state index in [0.717, 1.165) is 32.7 Å². The molecule has 1 aromatic rings. The molecular formula is C14H21ClN4O. The Kier molecular flexibility index (Phi) is 5.76. The molecule has 2 heterocycles. The minimum atomic E-state index is 0.114. The van der Waals surface area contributed by atoms with Gasteiger partial charge in [-0.15, -0.1) is 0 Å². The third-order valence-electron chi connectivity index (χ3n) is 3.40. The number of carbonyl (C=O) groups excluding carboxylic acids is 1. The molecule has 0 atom stereocenters. The van der Waals surface area contributed by atoms with Crippen LogP contribution in [0.1, 0.15) is 12.5 Å². The highest BCUT2D eigenvalue weighted by molar-refractivity contribution is 6.29. The molecule has 20 heavy (non-hydrogen) atoms. The van der Waals surface area contributed by atoms with Gasteiger partial charge in [-0.2, -0.15) is 0 Å². The van der Waals surface area contributed by atoms with E-state index in [9.17, 15) is 4.79 Å². The summed E-state index contributed by atoms with van der Waals surface area (Å²) in [5.74, 6) is 0.114. The molecule has 1 aromatic heterocycles. The molecule has 0 aromatic carbocycles. The maximum atomic E-state index is 11.5. The second kappa shape index (κ2) is 7.57. The van der Waals surface area contributed by atoms with E-state index in [1.807, 2.05) is 25.3 Å². The third kappa shape index (κ3) is 4.74. The first-order valence-corrected chi connectivity index (χ1v) is 7.37. The average Bonchev–Trinajstić information content (AvgIpc) is 2.44. The van der Waals surface area contributed by atoms with E-state index in [2.05, 4.69) is 20.1 Å². The highest BCUT2D eigenvalue weighted by atomic mass is 35.5. The Morgan fingerprint density at radius 3 is 2.60 bits per heavy atom. The molecular weight excluding hydrogens is 276 g/mol. The quantitative estimate of drug-likeness (QED) is 0.823. The summed E-state index contributed by atoms with van der Waals surface area (Å²) in [7, 11) is 0. The number of piperazine rings is 1. The number of aromatic nitrogens is 1. The number of carbonyl (C=O) groups is 1. The minimum Gasteiger partial charge on any atom is -0.355 e. The van der Waals surface area contributed by atoms with Crippen molar-refractivity contribution in [1.29, 1.82) is 0 Å². The zero-order valence-corrected chi connectivity index (χ0v) is 12.6. The van der Waals surface area contributed by atoms with Crippen LogP contribution in [0.3, 0.4) is 0 Å². The van der Waals surface area contributed by atoms with Crippen LogP contribution in [0.15, 0.2) is 18.3 Å². The maximum absolute atomic E-state index is 11.5. The van der Waals surface area contributed by atoms with Crippen LogP contribution >= 0.6 is 11.6 Å². The molecule has 1 amide bonds. The fraction of sp³-hybridized carbons (Fsp3) is 0.571. The molecule has 0 radical (unpaired) electrons. The van der Waals surface area contributed by atoms with Crippen molar-refractivity contribution in [3.8, 4) is 0 Å². The van der Waals surface area contributed by atoms with Crippen molar-refractivity contribution in [2.24, 2.45) is 0 Å². The number of nitrogens with zero attached hydrogens (tertiary/aromatic N) is 3. The van der Waals surface area contributed by atoms with Crippen molar-refractivity contribution >= 4 is 17.5 Å². The van der Waals surface area contributed by atoms with E-state index in [0.29, 0.717) is 18.2 Å². The summed E-state index contributed by atoms with van der Waals surface area (Å²) in [5, 5.41) is 3.36. The highest BCUT2D eigenvalue weighted by Crippen LogP contribution is 2.10. The molecule has 1 aliphatic heterocycles. The summed E-state index contributed by atoms with van der Waals surface area (Å²) < 4.78 is 0. The van der Waals surface area contributed by atoms with Gasteiger partial charge >= 0.3 is 0 Å². The number of rotatable bonds is 5. The first-order chi connectivity index (χ1) is 9.67. The van der Waals surface area contributed by atoms with Gasteiger partial charge in [-0.25, -0.2) is 4.98 Å². The lowest BCUT2D eigenvalue weighted by molar-refractivity contribution is -0.122. The van der Waals surface area contributed by atoms with Gasteiger partial charge in [-0.3, -0.25) is 14.6 Å². The fourth-order valence-electron chi connectivity index (χ4n) is 2.32. The number of nitrogens with one attached hydrogen (secondary N) is 1. The number of hydrogen-bond donors (Lipinski definition) is 1. The van der Waals surface area contributed by atoms with Crippen molar-refractivity contribution in [1.82, 2.24) is 20.1 Å². The Balaban J connectivity index is 1.74. The van der Waals surface area contributed by atoms with Gasteiger partial charge in [0.25, 0.3) is 0 Å². The van der Waals surface area contributed by atoms with Gasteiger partial charge in [0, 0.05) is 45.5 Å². The Bertz CT molecular complexity index is 429. The molecule has 0 unspecified atom stereocenters. The molecule has 0 bridgehead atoms. The van der Waals surface area contributed by atoms with Crippen LogP contribution in [0.2, 0.25) is 5.15 Å². The van der Waals surface area contributed by atoms with Crippen LogP contribution in [-0.2, 0) is 11.3 Å². The number of hydrogen-bond acceptors (Lipinski definition) is 4. The molecule has 0 spiro atoms.